The summed E-state index contributed by atoms with van der Waals surface area (Å²) < 4.78 is 0. The lowest BCUT2D eigenvalue weighted by atomic mass is 10.0. The Bertz CT molecular complexity index is 766. The van der Waals surface area contributed by atoms with Crippen molar-refractivity contribution in [3.8, 4) is 0 Å². The van der Waals surface area contributed by atoms with Crippen LogP contribution in [0, 0.1) is 12.3 Å². The second kappa shape index (κ2) is 7.09. The Morgan fingerprint density at radius 1 is 1.04 bits per heavy atom. The van der Waals surface area contributed by atoms with Crippen LogP contribution >= 0.6 is 0 Å². The van der Waals surface area contributed by atoms with Crippen molar-refractivity contribution in [1.82, 2.24) is 5.32 Å². The minimum Gasteiger partial charge on any atom is -0.351 e. The second-order valence-electron chi connectivity index (χ2n) is 6.58. The number of para-hydroxylation sites is 1. The van der Waals surface area contributed by atoms with E-state index in [-0.39, 0.29) is 11.8 Å². The molecule has 2 amide bonds. The number of aryl methyl sites for hydroxylation is 1. The highest BCUT2D eigenvalue weighted by Crippen LogP contribution is 2.48. The summed E-state index contributed by atoms with van der Waals surface area (Å²) in [6.07, 6.45) is 1.24. The van der Waals surface area contributed by atoms with E-state index in [1.807, 2.05) is 68.4 Å². The van der Waals surface area contributed by atoms with Crippen LogP contribution in [0.2, 0.25) is 0 Å². The predicted octanol–water partition coefficient (Wildman–Crippen LogP) is 3.44. The molecule has 1 aliphatic rings. The molecule has 0 atom stereocenters. The standard InChI is InChI=1S/C21H24N2O2/c1-3-23(18-11-5-4-6-12-18)20(25)21(13-14-21)19(24)22-15-17-10-8-7-9-16(17)2/h4-12H,3,13-15H2,1-2H3,(H,22,24). The van der Waals surface area contributed by atoms with Crippen LogP contribution in [0.4, 0.5) is 5.69 Å². The normalized spacial score (nSPS) is 14.6. The number of amides is 2. The first-order valence-corrected chi connectivity index (χ1v) is 8.78. The fraction of sp³-hybridized carbons (Fsp3) is 0.333. The number of nitrogens with zero attached hydrogens (tertiary/aromatic N) is 1. The Morgan fingerprint density at radius 3 is 2.28 bits per heavy atom. The summed E-state index contributed by atoms with van der Waals surface area (Å²) in [4.78, 5) is 27.5. The molecule has 25 heavy (non-hydrogen) atoms. The van der Waals surface area contributed by atoms with Crippen molar-refractivity contribution in [1.29, 1.82) is 0 Å². The third kappa shape index (κ3) is 3.43. The highest BCUT2D eigenvalue weighted by molar-refractivity contribution is 6.14. The Hall–Kier alpha value is -2.62. The van der Waals surface area contributed by atoms with Crippen LogP contribution in [-0.4, -0.2) is 18.4 Å². The minimum absolute atomic E-state index is 0.0940. The van der Waals surface area contributed by atoms with Crippen molar-refractivity contribution in [2.45, 2.75) is 33.2 Å². The first-order chi connectivity index (χ1) is 12.1. The van der Waals surface area contributed by atoms with Crippen molar-refractivity contribution in [3.05, 3.63) is 65.7 Å². The number of carbonyl (C=O) groups excluding carboxylic acids is 2. The Balaban J connectivity index is 1.71. The van der Waals surface area contributed by atoms with E-state index in [4.69, 9.17) is 0 Å². The van der Waals surface area contributed by atoms with Gasteiger partial charge in [0, 0.05) is 18.8 Å². The van der Waals surface area contributed by atoms with Crippen LogP contribution in [0.25, 0.3) is 0 Å². The number of hydrogen-bond acceptors (Lipinski definition) is 2. The molecular formula is C21H24N2O2. The van der Waals surface area contributed by atoms with E-state index in [2.05, 4.69) is 5.32 Å². The first-order valence-electron chi connectivity index (χ1n) is 8.78. The molecule has 0 radical (unpaired) electrons. The smallest absolute Gasteiger partial charge is 0.242 e. The maximum atomic E-state index is 13.0. The molecule has 0 aromatic heterocycles. The average molecular weight is 336 g/mol. The van der Waals surface area contributed by atoms with Gasteiger partial charge in [-0.25, -0.2) is 0 Å². The average Bonchev–Trinajstić information content (AvgIpc) is 3.44. The van der Waals surface area contributed by atoms with Crippen molar-refractivity contribution >= 4 is 17.5 Å². The summed E-state index contributed by atoms with van der Waals surface area (Å²) in [6, 6.07) is 17.5. The maximum Gasteiger partial charge on any atom is 0.242 e. The lowest BCUT2D eigenvalue weighted by Gasteiger charge is -2.26. The molecule has 0 unspecified atom stereocenters. The molecule has 130 valence electrons. The van der Waals surface area contributed by atoms with Crippen LogP contribution in [0.5, 0.6) is 0 Å². The second-order valence-corrected chi connectivity index (χ2v) is 6.58. The molecule has 1 fully saturated rings. The van der Waals surface area contributed by atoms with Gasteiger partial charge in [0.1, 0.15) is 5.41 Å². The number of hydrogen-bond donors (Lipinski definition) is 1. The minimum atomic E-state index is -0.894. The van der Waals surface area contributed by atoms with Crippen molar-refractivity contribution < 1.29 is 9.59 Å². The third-order valence-corrected chi connectivity index (χ3v) is 4.92. The molecule has 4 nitrogen and oxygen atoms in total. The third-order valence-electron chi connectivity index (χ3n) is 4.92. The number of benzene rings is 2. The first kappa shape index (κ1) is 17.2. The Labute approximate surface area is 148 Å². The van der Waals surface area contributed by atoms with Gasteiger partial charge in [-0.05, 0) is 49.9 Å². The number of rotatable bonds is 6. The lowest BCUT2D eigenvalue weighted by molar-refractivity contribution is -0.135. The largest absolute Gasteiger partial charge is 0.351 e. The number of carbonyl (C=O) groups is 2. The molecule has 1 N–H and O–H groups in total. The molecule has 0 bridgehead atoms. The van der Waals surface area contributed by atoms with E-state index in [0.717, 1.165) is 16.8 Å². The highest BCUT2D eigenvalue weighted by Gasteiger charge is 2.57. The van der Waals surface area contributed by atoms with E-state index in [1.54, 1.807) is 4.90 Å². The molecule has 0 spiro atoms. The molecule has 0 aliphatic heterocycles. The Morgan fingerprint density at radius 2 is 1.68 bits per heavy atom. The summed E-state index contributed by atoms with van der Waals surface area (Å²) in [6.45, 7) is 4.97. The molecule has 1 aliphatic carbocycles. The summed E-state index contributed by atoms with van der Waals surface area (Å²) in [7, 11) is 0. The molecule has 0 heterocycles. The molecule has 2 aromatic carbocycles. The summed E-state index contributed by atoms with van der Waals surface area (Å²) in [5, 5.41) is 2.97. The number of nitrogens with one attached hydrogen (secondary N) is 1. The van der Waals surface area contributed by atoms with E-state index >= 15 is 0 Å². The molecule has 3 rings (SSSR count). The quantitative estimate of drug-likeness (QED) is 0.822. The molecule has 4 heteroatoms. The topological polar surface area (TPSA) is 49.4 Å². The van der Waals surface area contributed by atoms with Gasteiger partial charge in [0.25, 0.3) is 0 Å². The molecule has 2 aromatic rings. The van der Waals surface area contributed by atoms with Crippen LogP contribution in [0.3, 0.4) is 0 Å². The van der Waals surface area contributed by atoms with Gasteiger partial charge in [-0.15, -0.1) is 0 Å². The zero-order chi connectivity index (χ0) is 17.9. The van der Waals surface area contributed by atoms with Gasteiger partial charge in [0.05, 0.1) is 0 Å². The zero-order valence-electron chi connectivity index (χ0n) is 14.8. The van der Waals surface area contributed by atoms with Crippen molar-refractivity contribution in [3.63, 3.8) is 0 Å². The van der Waals surface area contributed by atoms with Gasteiger partial charge in [-0.1, -0.05) is 42.5 Å². The van der Waals surface area contributed by atoms with Gasteiger partial charge >= 0.3 is 0 Å². The van der Waals surface area contributed by atoms with Gasteiger partial charge in [-0.3, -0.25) is 9.59 Å². The van der Waals surface area contributed by atoms with E-state index in [1.165, 1.54) is 0 Å². The fourth-order valence-electron chi connectivity index (χ4n) is 3.13. The molecular weight excluding hydrogens is 312 g/mol. The lowest BCUT2D eigenvalue weighted by Crippen LogP contribution is -2.45. The van der Waals surface area contributed by atoms with Gasteiger partial charge < -0.3 is 10.2 Å². The fourth-order valence-corrected chi connectivity index (χ4v) is 3.13. The van der Waals surface area contributed by atoms with Crippen molar-refractivity contribution in [2.24, 2.45) is 5.41 Å². The van der Waals surface area contributed by atoms with Crippen LogP contribution < -0.4 is 10.2 Å². The monoisotopic (exact) mass is 336 g/mol. The molecule has 1 saturated carbocycles. The van der Waals surface area contributed by atoms with Crippen LogP contribution in [-0.2, 0) is 16.1 Å². The van der Waals surface area contributed by atoms with Crippen LogP contribution in [0.15, 0.2) is 54.6 Å². The predicted molar refractivity (Wildman–Crippen MR) is 99.2 cm³/mol. The zero-order valence-corrected chi connectivity index (χ0v) is 14.8. The number of anilines is 1. The highest BCUT2D eigenvalue weighted by atomic mass is 16.2. The van der Waals surface area contributed by atoms with Crippen LogP contribution in [0.1, 0.15) is 30.9 Å². The summed E-state index contributed by atoms with van der Waals surface area (Å²) in [5.74, 6) is -0.251. The van der Waals surface area contributed by atoms with E-state index in [9.17, 15) is 9.59 Å². The van der Waals surface area contributed by atoms with E-state index < -0.39 is 5.41 Å². The van der Waals surface area contributed by atoms with Crippen molar-refractivity contribution in [2.75, 3.05) is 11.4 Å². The SMILES string of the molecule is CCN(C(=O)C1(C(=O)NCc2ccccc2C)CC1)c1ccccc1. The molecule has 0 saturated heterocycles. The van der Waals surface area contributed by atoms with Gasteiger partial charge in [-0.2, -0.15) is 0 Å². The van der Waals surface area contributed by atoms with Gasteiger partial charge in [0.15, 0.2) is 0 Å². The Kier molecular flexibility index (Phi) is 4.88. The summed E-state index contributed by atoms with van der Waals surface area (Å²) >= 11 is 0. The van der Waals surface area contributed by atoms with Gasteiger partial charge in [0.2, 0.25) is 11.8 Å². The van der Waals surface area contributed by atoms with E-state index in [0.29, 0.717) is 25.9 Å². The maximum absolute atomic E-state index is 13.0. The summed E-state index contributed by atoms with van der Waals surface area (Å²) in [5.41, 5.74) is 2.16.